The molecule has 2 aromatic carbocycles. The average Bonchev–Trinajstić information content (AvgIpc) is 2.69. The molecule has 0 bridgehead atoms. The largest absolute Gasteiger partial charge is 0.378 e. The highest BCUT2D eigenvalue weighted by Crippen LogP contribution is 2.21. The fourth-order valence-corrected chi connectivity index (χ4v) is 3.07. The van der Waals surface area contributed by atoms with Gasteiger partial charge in [-0.15, -0.1) is 0 Å². The molecule has 4 rings (SSSR count). The summed E-state index contributed by atoms with van der Waals surface area (Å²) < 4.78 is 5.38. The van der Waals surface area contributed by atoms with Gasteiger partial charge in [0.1, 0.15) is 0 Å². The minimum atomic E-state index is -0.127. The summed E-state index contributed by atoms with van der Waals surface area (Å²) in [4.78, 5) is 19.2. The molecule has 0 radical (unpaired) electrons. The number of rotatable bonds is 3. The lowest BCUT2D eigenvalue weighted by Crippen LogP contribution is -2.36. The molecule has 25 heavy (non-hydrogen) atoms. The smallest absolute Gasteiger partial charge is 0.256 e. The van der Waals surface area contributed by atoms with Gasteiger partial charge in [0.15, 0.2) is 0 Å². The number of para-hydroxylation sites is 1. The SMILES string of the molecule is O=C(Nc1ccc(N2CCOCC2)cc1)c1ccnc2ccccc12. The standard InChI is InChI=1S/C20H19N3O2/c24-20(18-9-10-21-19-4-2-1-3-17(18)19)22-15-5-7-16(8-6-15)23-11-13-25-14-12-23/h1-10H,11-14H2,(H,22,24). The molecule has 1 N–H and O–H groups in total. The summed E-state index contributed by atoms with van der Waals surface area (Å²) in [6.45, 7) is 3.31. The molecule has 1 aliphatic rings. The van der Waals surface area contributed by atoms with Gasteiger partial charge in [-0.2, -0.15) is 0 Å². The van der Waals surface area contributed by atoms with Gasteiger partial charge in [0.05, 0.1) is 24.3 Å². The number of anilines is 2. The zero-order chi connectivity index (χ0) is 17.1. The van der Waals surface area contributed by atoms with E-state index in [9.17, 15) is 4.79 Å². The molecule has 5 nitrogen and oxygen atoms in total. The number of carbonyl (C=O) groups is 1. The summed E-state index contributed by atoms with van der Waals surface area (Å²) >= 11 is 0. The molecular weight excluding hydrogens is 314 g/mol. The predicted octanol–water partition coefficient (Wildman–Crippen LogP) is 3.32. The number of hydrogen-bond donors (Lipinski definition) is 1. The minimum Gasteiger partial charge on any atom is -0.378 e. The fourth-order valence-electron chi connectivity index (χ4n) is 3.07. The van der Waals surface area contributed by atoms with Gasteiger partial charge in [-0.25, -0.2) is 0 Å². The number of ether oxygens (including phenoxy) is 1. The van der Waals surface area contributed by atoms with Crippen molar-refractivity contribution in [1.29, 1.82) is 0 Å². The van der Waals surface area contributed by atoms with E-state index >= 15 is 0 Å². The first-order valence-corrected chi connectivity index (χ1v) is 8.39. The summed E-state index contributed by atoms with van der Waals surface area (Å²) in [5, 5.41) is 3.82. The average molecular weight is 333 g/mol. The van der Waals surface area contributed by atoms with Crippen LogP contribution in [-0.2, 0) is 4.74 Å². The third-order valence-corrected chi connectivity index (χ3v) is 4.40. The Kier molecular flexibility index (Phi) is 4.31. The lowest BCUT2D eigenvalue weighted by Gasteiger charge is -2.28. The van der Waals surface area contributed by atoms with Crippen molar-refractivity contribution in [3.8, 4) is 0 Å². The number of carbonyl (C=O) groups excluding carboxylic acids is 1. The number of morpholine rings is 1. The van der Waals surface area contributed by atoms with Crippen molar-refractivity contribution in [1.82, 2.24) is 4.98 Å². The lowest BCUT2D eigenvalue weighted by molar-refractivity contribution is 0.102. The summed E-state index contributed by atoms with van der Waals surface area (Å²) in [6, 6.07) is 17.3. The summed E-state index contributed by atoms with van der Waals surface area (Å²) in [5.74, 6) is -0.127. The van der Waals surface area contributed by atoms with Crippen LogP contribution in [0.4, 0.5) is 11.4 Å². The van der Waals surface area contributed by atoms with Gasteiger partial charge < -0.3 is 15.0 Å². The highest BCUT2D eigenvalue weighted by Gasteiger charge is 2.13. The molecule has 0 spiro atoms. The van der Waals surface area contributed by atoms with E-state index < -0.39 is 0 Å². The van der Waals surface area contributed by atoms with Crippen molar-refractivity contribution in [2.24, 2.45) is 0 Å². The van der Waals surface area contributed by atoms with Gasteiger partial charge in [-0.05, 0) is 36.4 Å². The van der Waals surface area contributed by atoms with Crippen molar-refractivity contribution >= 4 is 28.2 Å². The van der Waals surface area contributed by atoms with Crippen molar-refractivity contribution in [2.75, 3.05) is 36.5 Å². The van der Waals surface area contributed by atoms with Crippen LogP contribution in [0.15, 0.2) is 60.8 Å². The van der Waals surface area contributed by atoms with Gasteiger partial charge in [-0.3, -0.25) is 9.78 Å². The Hall–Kier alpha value is -2.92. The second-order valence-electron chi connectivity index (χ2n) is 5.98. The topological polar surface area (TPSA) is 54.5 Å². The number of nitrogens with zero attached hydrogens (tertiary/aromatic N) is 2. The number of fused-ring (bicyclic) bond motifs is 1. The molecule has 126 valence electrons. The van der Waals surface area contributed by atoms with Gasteiger partial charge in [-0.1, -0.05) is 18.2 Å². The maximum Gasteiger partial charge on any atom is 0.256 e. The van der Waals surface area contributed by atoms with Crippen LogP contribution < -0.4 is 10.2 Å². The Morgan fingerprint density at radius 3 is 2.56 bits per heavy atom. The van der Waals surface area contributed by atoms with E-state index in [1.165, 1.54) is 0 Å². The zero-order valence-corrected chi connectivity index (χ0v) is 13.8. The predicted molar refractivity (Wildman–Crippen MR) is 99.2 cm³/mol. The first kappa shape index (κ1) is 15.6. The molecule has 1 aromatic heterocycles. The normalized spacial score (nSPS) is 14.5. The molecule has 5 heteroatoms. The maximum atomic E-state index is 12.6. The van der Waals surface area contributed by atoms with Crippen LogP contribution in [0.1, 0.15) is 10.4 Å². The van der Waals surface area contributed by atoms with Crippen molar-refractivity contribution in [2.45, 2.75) is 0 Å². The van der Waals surface area contributed by atoms with E-state index in [0.717, 1.165) is 48.6 Å². The quantitative estimate of drug-likeness (QED) is 0.799. The first-order chi connectivity index (χ1) is 12.3. The number of benzene rings is 2. The monoisotopic (exact) mass is 333 g/mol. The molecular formula is C20H19N3O2. The van der Waals surface area contributed by atoms with Crippen LogP contribution >= 0.6 is 0 Å². The number of nitrogens with one attached hydrogen (secondary N) is 1. The van der Waals surface area contributed by atoms with Crippen LogP contribution in [0.25, 0.3) is 10.9 Å². The Labute approximate surface area is 146 Å². The van der Waals surface area contributed by atoms with E-state index in [0.29, 0.717) is 5.56 Å². The van der Waals surface area contributed by atoms with E-state index in [-0.39, 0.29) is 5.91 Å². The Morgan fingerprint density at radius 2 is 1.76 bits per heavy atom. The second-order valence-corrected chi connectivity index (χ2v) is 5.98. The summed E-state index contributed by atoms with van der Waals surface area (Å²) in [5.41, 5.74) is 3.37. The molecule has 1 saturated heterocycles. The molecule has 0 unspecified atom stereocenters. The second kappa shape index (κ2) is 6.91. The Morgan fingerprint density at radius 1 is 1.00 bits per heavy atom. The third-order valence-electron chi connectivity index (χ3n) is 4.40. The number of pyridine rings is 1. The van der Waals surface area contributed by atoms with E-state index in [1.807, 2.05) is 48.5 Å². The molecule has 3 aromatic rings. The molecule has 2 heterocycles. The van der Waals surface area contributed by atoms with Gasteiger partial charge >= 0.3 is 0 Å². The molecule has 0 aliphatic carbocycles. The summed E-state index contributed by atoms with van der Waals surface area (Å²) in [6.07, 6.45) is 1.67. The Balaban J connectivity index is 1.52. The van der Waals surface area contributed by atoms with Gasteiger partial charge in [0.2, 0.25) is 0 Å². The molecule has 1 fully saturated rings. The highest BCUT2D eigenvalue weighted by atomic mass is 16.5. The number of amides is 1. The number of aromatic nitrogens is 1. The van der Waals surface area contributed by atoms with E-state index in [2.05, 4.69) is 15.2 Å². The van der Waals surface area contributed by atoms with Crippen molar-refractivity contribution in [3.63, 3.8) is 0 Å². The van der Waals surface area contributed by atoms with Crippen LogP contribution in [0.2, 0.25) is 0 Å². The Bertz CT molecular complexity index is 882. The van der Waals surface area contributed by atoms with E-state index in [4.69, 9.17) is 4.74 Å². The van der Waals surface area contributed by atoms with Crippen LogP contribution in [0.5, 0.6) is 0 Å². The molecule has 1 aliphatic heterocycles. The minimum absolute atomic E-state index is 0.127. The highest BCUT2D eigenvalue weighted by molar-refractivity contribution is 6.12. The first-order valence-electron chi connectivity index (χ1n) is 8.39. The van der Waals surface area contributed by atoms with Crippen LogP contribution in [-0.4, -0.2) is 37.2 Å². The van der Waals surface area contributed by atoms with Gasteiger partial charge in [0, 0.05) is 36.0 Å². The van der Waals surface area contributed by atoms with Crippen LogP contribution in [0, 0.1) is 0 Å². The van der Waals surface area contributed by atoms with Gasteiger partial charge in [0.25, 0.3) is 5.91 Å². The fraction of sp³-hybridized carbons (Fsp3) is 0.200. The van der Waals surface area contributed by atoms with E-state index in [1.54, 1.807) is 12.3 Å². The van der Waals surface area contributed by atoms with Crippen molar-refractivity contribution < 1.29 is 9.53 Å². The molecule has 1 amide bonds. The van der Waals surface area contributed by atoms with Crippen LogP contribution in [0.3, 0.4) is 0 Å². The molecule has 0 atom stereocenters. The number of hydrogen-bond acceptors (Lipinski definition) is 4. The summed E-state index contributed by atoms with van der Waals surface area (Å²) in [7, 11) is 0. The molecule has 0 saturated carbocycles. The maximum absolute atomic E-state index is 12.6. The zero-order valence-electron chi connectivity index (χ0n) is 13.8. The lowest BCUT2D eigenvalue weighted by atomic mass is 10.1. The third kappa shape index (κ3) is 3.32. The van der Waals surface area contributed by atoms with Crippen molar-refractivity contribution in [3.05, 3.63) is 66.4 Å².